The van der Waals surface area contributed by atoms with Crippen LogP contribution in [0.15, 0.2) is 0 Å². The van der Waals surface area contributed by atoms with Crippen LogP contribution in [0.25, 0.3) is 0 Å². The average Bonchev–Trinajstić information content (AvgIpc) is 2.62. The largest absolute Gasteiger partial charge is 0.480 e. The predicted molar refractivity (Wildman–Crippen MR) is 81.0 cm³/mol. The van der Waals surface area contributed by atoms with Crippen LogP contribution in [0.5, 0.6) is 0 Å². The quantitative estimate of drug-likeness (QED) is 0.863. The monoisotopic (exact) mass is 296 g/mol. The van der Waals surface area contributed by atoms with Gasteiger partial charge in [-0.15, -0.1) is 0 Å². The Labute approximate surface area is 127 Å². The van der Waals surface area contributed by atoms with Gasteiger partial charge in [-0.3, -0.25) is 14.5 Å². The van der Waals surface area contributed by atoms with Crippen molar-refractivity contribution in [3.8, 4) is 0 Å². The molecule has 2 rings (SSSR count). The number of carboxylic acids is 1. The van der Waals surface area contributed by atoms with Crippen molar-refractivity contribution in [2.45, 2.75) is 46.0 Å². The lowest BCUT2D eigenvalue weighted by Gasteiger charge is -2.40. The van der Waals surface area contributed by atoms with Crippen LogP contribution in [-0.2, 0) is 9.59 Å². The van der Waals surface area contributed by atoms with Crippen molar-refractivity contribution in [3.63, 3.8) is 0 Å². The highest BCUT2D eigenvalue weighted by Gasteiger charge is 2.39. The van der Waals surface area contributed by atoms with E-state index in [9.17, 15) is 9.59 Å². The molecule has 120 valence electrons. The number of amides is 1. The first-order valence-electron chi connectivity index (χ1n) is 8.13. The zero-order valence-electron chi connectivity index (χ0n) is 13.3. The number of carboxylic acid groups (broad SMARTS) is 1. The molecule has 21 heavy (non-hydrogen) atoms. The van der Waals surface area contributed by atoms with Crippen LogP contribution in [0.2, 0.25) is 0 Å². The molecule has 1 aliphatic heterocycles. The summed E-state index contributed by atoms with van der Waals surface area (Å²) in [7, 11) is 0. The summed E-state index contributed by atoms with van der Waals surface area (Å²) in [6.07, 6.45) is 5.37. The molecule has 0 spiro atoms. The smallest absolute Gasteiger partial charge is 0.317 e. The second kappa shape index (κ2) is 6.77. The van der Waals surface area contributed by atoms with Crippen LogP contribution in [0.3, 0.4) is 0 Å². The highest BCUT2D eigenvalue weighted by molar-refractivity contribution is 5.79. The lowest BCUT2D eigenvalue weighted by atomic mass is 9.68. The van der Waals surface area contributed by atoms with Crippen LogP contribution in [0.1, 0.15) is 46.0 Å². The third-order valence-electron chi connectivity index (χ3n) is 5.06. The molecule has 0 aromatic carbocycles. The Hall–Kier alpha value is -1.10. The summed E-state index contributed by atoms with van der Waals surface area (Å²) < 4.78 is 0. The molecule has 5 nitrogen and oxygen atoms in total. The van der Waals surface area contributed by atoms with E-state index in [0.29, 0.717) is 13.1 Å². The molecule has 2 aliphatic rings. The van der Waals surface area contributed by atoms with Gasteiger partial charge in [0.2, 0.25) is 5.91 Å². The normalized spacial score (nSPS) is 27.1. The van der Waals surface area contributed by atoms with Gasteiger partial charge in [-0.1, -0.05) is 26.7 Å². The summed E-state index contributed by atoms with van der Waals surface area (Å²) in [5.74, 6) is -0.364. The molecular formula is C16H28N2O3. The molecule has 1 N–H and O–H groups in total. The van der Waals surface area contributed by atoms with E-state index in [1.165, 1.54) is 6.42 Å². The summed E-state index contributed by atoms with van der Waals surface area (Å²) >= 11 is 0. The first kappa shape index (κ1) is 16.3. The zero-order chi connectivity index (χ0) is 15.5. The molecule has 0 aromatic heterocycles. The molecule has 1 saturated heterocycles. The van der Waals surface area contributed by atoms with Crippen LogP contribution >= 0.6 is 0 Å². The first-order valence-corrected chi connectivity index (χ1v) is 8.13. The predicted octanol–water partition coefficient (Wildman–Crippen LogP) is 1.82. The van der Waals surface area contributed by atoms with Crippen molar-refractivity contribution >= 4 is 11.9 Å². The number of nitrogens with zero attached hydrogens (tertiary/aromatic N) is 2. The van der Waals surface area contributed by atoms with Gasteiger partial charge in [0.05, 0.1) is 6.54 Å². The van der Waals surface area contributed by atoms with Crippen LogP contribution in [0, 0.1) is 11.3 Å². The van der Waals surface area contributed by atoms with Gasteiger partial charge in [-0.25, -0.2) is 0 Å². The Morgan fingerprint density at radius 1 is 1.10 bits per heavy atom. The molecule has 0 radical (unpaired) electrons. The second-order valence-corrected chi connectivity index (χ2v) is 7.14. The Kier molecular flexibility index (Phi) is 5.25. The minimum atomic E-state index is -0.789. The number of carbonyl (C=O) groups excluding carboxylic acids is 1. The maximum atomic E-state index is 12.8. The average molecular weight is 296 g/mol. The molecule has 1 atom stereocenters. The number of hydrogen-bond acceptors (Lipinski definition) is 3. The molecule has 1 unspecified atom stereocenters. The fourth-order valence-corrected chi connectivity index (χ4v) is 3.71. The molecular weight excluding hydrogens is 268 g/mol. The number of rotatable bonds is 3. The van der Waals surface area contributed by atoms with Gasteiger partial charge in [-0.05, 0) is 24.7 Å². The van der Waals surface area contributed by atoms with Crippen LogP contribution in [-0.4, -0.2) is 59.5 Å². The van der Waals surface area contributed by atoms with Crippen molar-refractivity contribution in [3.05, 3.63) is 0 Å². The highest BCUT2D eigenvalue weighted by Crippen LogP contribution is 2.41. The van der Waals surface area contributed by atoms with Crippen molar-refractivity contribution in [1.29, 1.82) is 0 Å². The van der Waals surface area contributed by atoms with Crippen molar-refractivity contribution < 1.29 is 14.7 Å². The SMILES string of the molecule is CC1(C)CCCCC1C(=O)N1CCCN(CC(=O)O)CC1. The van der Waals surface area contributed by atoms with Gasteiger partial charge in [0, 0.05) is 32.1 Å². The molecule has 1 saturated carbocycles. The summed E-state index contributed by atoms with van der Waals surface area (Å²) in [6, 6.07) is 0. The van der Waals surface area contributed by atoms with Gasteiger partial charge in [-0.2, -0.15) is 0 Å². The van der Waals surface area contributed by atoms with Crippen LogP contribution < -0.4 is 0 Å². The lowest BCUT2D eigenvalue weighted by molar-refractivity contribution is -0.141. The molecule has 0 bridgehead atoms. The fraction of sp³-hybridized carbons (Fsp3) is 0.875. The van der Waals surface area contributed by atoms with Gasteiger partial charge < -0.3 is 10.0 Å². The fourth-order valence-electron chi connectivity index (χ4n) is 3.71. The minimum absolute atomic E-state index is 0.0803. The van der Waals surface area contributed by atoms with E-state index in [1.54, 1.807) is 0 Å². The summed E-state index contributed by atoms with van der Waals surface area (Å²) in [4.78, 5) is 27.6. The number of aliphatic carboxylic acids is 1. The van der Waals surface area contributed by atoms with Gasteiger partial charge >= 0.3 is 5.97 Å². The Balaban J connectivity index is 1.95. The second-order valence-electron chi connectivity index (χ2n) is 7.14. The topological polar surface area (TPSA) is 60.9 Å². The Bertz CT molecular complexity index is 395. The van der Waals surface area contributed by atoms with E-state index >= 15 is 0 Å². The van der Waals surface area contributed by atoms with Gasteiger partial charge in [0.15, 0.2) is 0 Å². The summed E-state index contributed by atoms with van der Waals surface area (Å²) in [6.45, 7) is 7.37. The number of carbonyl (C=O) groups is 2. The van der Waals surface area contributed by atoms with Crippen molar-refractivity contribution in [2.24, 2.45) is 11.3 Å². The maximum absolute atomic E-state index is 12.8. The van der Waals surface area contributed by atoms with E-state index < -0.39 is 5.97 Å². The third-order valence-corrected chi connectivity index (χ3v) is 5.06. The van der Waals surface area contributed by atoms with Crippen molar-refractivity contribution in [1.82, 2.24) is 9.80 Å². The summed E-state index contributed by atoms with van der Waals surface area (Å²) in [5.41, 5.74) is 0.0996. The van der Waals surface area contributed by atoms with E-state index in [0.717, 1.165) is 38.8 Å². The van der Waals surface area contributed by atoms with E-state index in [4.69, 9.17) is 5.11 Å². The third kappa shape index (κ3) is 4.19. The maximum Gasteiger partial charge on any atom is 0.317 e. The number of hydrogen-bond donors (Lipinski definition) is 1. The zero-order valence-corrected chi connectivity index (χ0v) is 13.3. The van der Waals surface area contributed by atoms with Crippen molar-refractivity contribution in [2.75, 3.05) is 32.7 Å². The van der Waals surface area contributed by atoms with E-state index in [1.807, 2.05) is 9.80 Å². The van der Waals surface area contributed by atoms with Gasteiger partial charge in [0.1, 0.15) is 0 Å². The molecule has 1 amide bonds. The Morgan fingerprint density at radius 3 is 2.52 bits per heavy atom. The minimum Gasteiger partial charge on any atom is -0.480 e. The Morgan fingerprint density at radius 2 is 1.86 bits per heavy atom. The highest BCUT2D eigenvalue weighted by atomic mass is 16.4. The standard InChI is InChI=1S/C16H28N2O3/c1-16(2)7-4-3-6-13(16)15(21)18-9-5-8-17(10-11-18)12-14(19)20/h13H,3-12H2,1-2H3,(H,19,20). The molecule has 5 heteroatoms. The molecule has 0 aromatic rings. The molecule has 2 fully saturated rings. The van der Waals surface area contributed by atoms with E-state index in [-0.39, 0.29) is 23.8 Å². The summed E-state index contributed by atoms with van der Waals surface area (Å²) in [5, 5.41) is 8.88. The molecule has 1 aliphatic carbocycles. The molecule has 1 heterocycles. The van der Waals surface area contributed by atoms with Crippen LogP contribution in [0.4, 0.5) is 0 Å². The lowest BCUT2D eigenvalue weighted by Crippen LogP contribution is -2.45. The van der Waals surface area contributed by atoms with E-state index in [2.05, 4.69) is 13.8 Å². The van der Waals surface area contributed by atoms with Gasteiger partial charge in [0.25, 0.3) is 0 Å². The first-order chi connectivity index (χ1) is 9.90.